The van der Waals surface area contributed by atoms with Gasteiger partial charge in [0, 0.05) is 5.56 Å². The zero-order valence-corrected chi connectivity index (χ0v) is 9.94. The Morgan fingerprint density at radius 2 is 2.12 bits per heavy atom. The van der Waals surface area contributed by atoms with Crippen LogP contribution in [-0.4, -0.2) is 22.4 Å². The summed E-state index contributed by atoms with van der Waals surface area (Å²) in [5.74, 6) is 0.651. The van der Waals surface area contributed by atoms with Crippen LogP contribution in [0.25, 0.3) is 0 Å². The molecule has 0 saturated heterocycles. The van der Waals surface area contributed by atoms with Gasteiger partial charge < -0.3 is 9.84 Å². The van der Waals surface area contributed by atoms with E-state index in [2.05, 4.69) is 10.2 Å². The number of halogens is 1. The largest absolute Gasteiger partial charge is 0.480 e. The van der Waals surface area contributed by atoms with E-state index in [9.17, 15) is 5.11 Å². The van der Waals surface area contributed by atoms with Gasteiger partial charge in [-0.2, -0.15) is 0 Å². The van der Waals surface area contributed by atoms with E-state index in [-0.39, 0.29) is 11.1 Å². The van der Waals surface area contributed by atoms with Gasteiger partial charge in [0.2, 0.25) is 5.88 Å². The lowest BCUT2D eigenvalue weighted by atomic mass is 9.95. The number of hydrogen-bond acceptors (Lipinski definition) is 4. The quantitative estimate of drug-likeness (QED) is 0.884. The SMILES string of the molecule is COc1nnc(Cl)cc1C(O)C1CCCC1. The van der Waals surface area contributed by atoms with Crippen LogP contribution in [0.2, 0.25) is 5.15 Å². The molecule has 16 heavy (non-hydrogen) atoms. The normalized spacial score (nSPS) is 18.7. The minimum Gasteiger partial charge on any atom is -0.480 e. The molecule has 88 valence electrons. The molecule has 0 aliphatic heterocycles. The van der Waals surface area contributed by atoms with Crippen molar-refractivity contribution in [3.8, 4) is 5.88 Å². The van der Waals surface area contributed by atoms with Crippen LogP contribution in [0.4, 0.5) is 0 Å². The molecule has 0 spiro atoms. The molecule has 1 fully saturated rings. The summed E-state index contributed by atoms with van der Waals surface area (Å²) in [5.41, 5.74) is 0.648. The van der Waals surface area contributed by atoms with Gasteiger partial charge in [0.15, 0.2) is 5.15 Å². The summed E-state index contributed by atoms with van der Waals surface area (Å²) in [5, 5.41) is 18.1. The van der Waals surface area contributed by atoms with E-state index >= 15 is 0 Å². The van der Waals surface area contributed by atoms with Crippen LogP contribution in [-0.2, 0) is 0 Å². The zero-order valence-electron chi connectivity index (χ0n) is 9.19. The second-order valence-corrected chi connectivity index (χ2v) is 4.51. The van der Waals surface area contributed by atoms with Crippen molar-refractivity contribution in [2.75, 3.05) is 7.11 Å². The molecule has 1 saturated carbocycles. The molecule has 0 aromatic carbocycles. The summed E-state index contributed by atoms with van der Waals surface area (Å²) in [6.45, 7) is 0. The van der Waals surface area contributed by atoms with Crippen LogP contribution in [0.3, 0.4) is 0 Å². The topological polar surface area (TPSA) is 55.2 Å². The highest BCUT2D eigenvalue weighted by Crippen LogP contribution is 2.38. The number of methoxy groups -OCH3 is 1. The number of hydrogen-bond donors (Lipinski definition) is 1. The van der Waals surface area contributed by atoms with Crippen LogP contribution < -0.4 is 4.74 Å². The first kappa shape index (κ1) is 11.6. The van der Waals surface area contributed by atoms with Gasteiger partial charge in [-0.15, -0.1) is 10.2 Å². The average Bonchev–Trinajstić information content (AvgIpc) is 2.81. The molecule has 1 unspecified atom stereocenters. The third-order valence-electron chi connectivity index (χ3n) is 3.12. The van der Waals surface area contributed by atoms with Crippen LogP contribution in [0.1, 0.15) is 37.4 Å². The Balaban J connectivity index is 2.26. The summed E-state index contributed by atoms with van der Waals surface area (Å²) in [7, 11) is 1.52. The van der Waals surface area contributed by atoms with Gasteiger partial charge in [0.1, 0.15) is 0 Å². The molecule has 1 heterocycles. The zero-order chi connectivity index (χ0) is 11.5. The highest BCUT2D eigenvalue weighted by Gasteiger charge is 2.27. The first-order chi connectivity index (χ1) is 7.72. The molecular formula is C11H15ClN2O2. The predicted octanol–water partition coefficient (Wildman–Crippen LogP) is 2.36. The summed E-state index contributed by atoms with van der Waals surface area (Å²) in [6.07, 6.45) is 3.90. The maximum Gasteiger partial charge on any atom is 0.239 e. The second-order valence-electron chi connectivity index (χ2n) is 4.12. The van der Waals surface area contributed by atoms with Crippen molar-refractivity contribution in [2.45, 2.75) is 31.8 Å². The maximum absolute atomic E-state index is 10.3. The first-order valence-electron chi connectivity index (χ1n) is 5.47. The summed E-state index contributed by atoms with van der Waals surface area (Å²) in [4.78, 5) is 0. The van der Waals surface area contributed by atoms with Gasteiger partial charge in [-0.05, 0) is 24.8 Å². The monoisotopic (exact) mass is 242 g/mol. The van der Waals surface area contributed by atoms with Gasteiger partial charge in [0.05, 0.1) is 13.2 Å². The summed E-state index contributed by atoms with van der Waals surface area (Å²) < 4.78 is 5.09. The van der Waals surface area contributed by atoms with E-state index in [4.69, 9.17) is 16.3 Å². The highest BCUT2D eigenvalue weighted by molar-refractivity contribution is 6.29. The molecule has 1 atom stereocenters. The second kappa shape index (κ2) is 4.97. The molecule has 0 radical (unpaired) electrons. The van der Waals surface area contributed by atoms with Crippen molar-refractivity contribution < 1.29 is 9.84 Å². The third-order valence-corrected chi connectivity index (χ3v) is 3.30. The number of aliphatic hydroxyl groups is 1. The van der Waals surface area contributed by atoms with Crippen molar-refractivity contribution in [2.24, 2.45) is 5.92 Å². The lowest BCUT2D eigenvalue weighted by Gasteiger charge is -2.19. The Bertz CT molecular complexity index is 367. The molecule has 0 amide bonds. The van der Waals surface area contributed by atoms with Gasteiger partial charge >= 0.3 is 0 Å². The third kappa shape index (κ3) is 2.28. The van der Waals surface area contributed by atoms with Crippen molar-refractivity contribution in [3.63, 3.8) is 0 Å². The smallest absolute Gasteiger partial charge is 0.239 e. The van der Waals surface area contributed by atoms with E-state index in [0.717, 1.165) is 12.8 Å². The van der Waals surface area contributed by atoms with Crippen LogP contribution in [0, 0.1) is 5.92 Å². The molecule has 0 bridgehead atoms. The van der Waals surface area contributed by atoms with Crippen LogP contribution in [0.5, 0.6) is 5.88 Å². The number of ether oxygens (including phenoxy) is 1. The lowest BCUT2D eigenvalue weighted by molar-refractivity contribution is 0.107. The van der Waals surface area contributed by atoms with Crippen molar-refractivity contribution in [1.82, 2.24) is 10.2 Å². The molecule has 1 aromatic heterocycles. The molecule has 1 N–H and O–H groups in total. The minimum absolute atomic E-state index is 0.285. The van der Waals surface area contributed by atoms with Gasteiger partial charge in [-0.25, -0.2) is 0 Å². The Morgan fingerprint density at radius 1 is 1.44 bits per heavy atom. The van der Waals surface area contributed by atoms with E-state index in [1.807, 2.05) is 0 Å². The van der Waals surface area contributed by atoms with Crippen LogP contribution in [0.15, 0.2) is 6.07 Å². The summed E-state index contributed by atoms with van der Waals surface area (Å²) >= 11 is 5.78. The van der Waals surface area contributed by atoms with Crippen molar-refractivity contribution in [1.29, 1.82) is 0 Å². The van der Waals surface area contributed by atoms with Crippen molar-refractivity contribution >= 4 is 11.6 Å². The fourth-order valence-corrected chi connectivity index (χ4v) is 2.42. The van der Waals surface area contributed by atoms with Crippen molar-refractivity contribution in [3.05, 3.63) is 16.8 Å². The molecule has 1 aromatic rings. The predicted molar refractivity (Wildman–Crippen MR) is 60.5 cm³/mol. The van der Waals surface area contributed by atoms with E-state index in [1.54, 1.807) is 6.07 Å². The fraction of sp³-hybridized carbons (Fsp3) is 0.636. The van der Waals surface area contributed by atoms with E-state index < -0.39 is 6.10 Å². The van der Waals surface area contributed by atoms with Gasteiger partial charge in [0.25, 0.3) is 0 Å². The molecule has 1 aliphatic rings. The number of aliphatic hydroxyl groups excluding tert-OH is 1. The molecule has 1 aliphatic carbocycles. The Kier molecular flexibility index (Phi) is 3.61. The van der Waals surface area contributed by atoms with Gasteiger partial charge in [-0.1, -0.05) is 24.4 Å². The van der Waals surface area contributed by atoms with Gasteiger partial charge in [-0.3, -0.25) is 0 Å². The Morgan fingerprint density at radius 3 is 2.75 bits per heavy atom. The first-order valence-corrected chi connectivity index (χ1v) is 5.85. The van der Waals surface area contributed by atoms with E-state index in [1.165, 1.54) is 20.0 Å². The minimum atomic E-state index is -0.551. The standard InChI is InChI=1S/C11H15ClN2O2/c1-16-11-8(6-9(12)13-14-11)10(15)7-4-2-3-5-7/h6-7,10,15H,2-5H2,1H3. The molecule has 4 nitrogen and oxygen atoms in total. The number of nitrogens with zero attached hydrogens (tertiary/aromatic N) is 2. The Labute approximate surface area is 99.6 Å². The van der Waals surface area contributed by atoms with E-state index in [0.29, 0.717) is 11.4 Å². The number of aromatic nitrogens is 2. The number of rotatable bonds is 3. The Hall–Kier alpha value is -0.870. The van der Waals surface area contributed by atoms with Crippen LogP contribution >= 0.6 is 11.6 Å². The lowest BCUT2D eigenvalue weighted by Crippen LogP contribution is -2.11. The maximum atomic E-state index is 10.3. The fourth-order valence-electron chi connectivity index (χ4n) is 2.27. The molecular weight excluding hydrogens is 228 g/mol. The molecule has 2 rings (SSSR count). The molecule has 5 heteroatoms. The summed E-state index contributed by atoms with van der Waals surface area (Å²) in [6, 6.07) is 1.64. The average molecular weight is 243 g/mol. The highest BCUT2D eigenvalue weighted by atomic mass is 35.5.